The van der Waals surface area contributed by atoms with E-state index in [1.807, 2.05) is 0 Å². The first-order valence-electron chi connectivity index (χ1n) is 6.25. The molecule has 17 heavy (non-hydrogen) atoms. The van der Waals surface area contributed by atoms with Crippen LogP contribution in [0.25, 0.3) is 0 Å². The lowest BCUT2D eigenvalue weighted by Crippen LogP contribution is -2.54. The van der Waals surface area contributed by atoms with Gasteiger partial charge in [0, 0.05) is 32.1 Å². The molecule has 0 aromatic rings. The van der Waals surface area contributed by atoms with Gasteiger partial charge in [-0.2, -0.15) is 0 Å². The number of hydrogen-bond acceptors (Lipinski definition) is 4. The predicted octanol–water partition coefficient (Wildman–Crippen LogP) is -0.184. The molecule has 0 saturated carbocycles. The summed E-state index contributed by atoms with van der Waals surface area (Å²) in [5.74, 6) is -0.145. The molecule has 0 aromatic heterocycles. The van der Waals surface area contributed by atoms with E-state index in [0.717, 1.165) is 13.0 Å². The smallest absolute Gasteiger partial charge is 0.246 e. The molecule has 0 bridgehead atoms. The summed E-state index contributed by atoms with van der Waals surface area (Å²) < 4.78 is 0. The lowest BCUT2D eigenvalue weighted by molar-refractivity contribution is -0.148. The third-order valence-corrected chi connectivity index (χ3v) is 3.97. The fraction of sp³-hybridized carbons (Fsp3) is 0.833. The third kappa shape index (κ3) is 2.50. The summed E-state index contributed by atoms with van der Waals surface area (Å²) in [6.07, 6.45) is 2.17. The van der Waals surface area contributed by atoms with Crippen LogP contribution in [-0.4, -0.2) is 60.4 Å². The second-order valence-corrected chi connectivity index (χ2v) is 5.27. The molecule has 3 unspecified atom stereocenters. The number of carbonyl (C=O) groups is 2. The zero-order valence-corrected chi connectivity index (χ0v) is 10.8. The van der Waals surface area contributed by atoms with Crippen molar-refractivity contribution >= 4 is 11.8 Å². The molecular formula is C12H21N3O2. The quantitative estimate of drug-likeness (QED) is 0.679. The molecule has 5 nitrogen and oxygen atoms in total. The van der Waals surface area contributed by atoms with E-state index >= 15 is 0 Å². The summed E-state index contributed by atoms with van der Waals surface area (Å²) in [7, 11) is 3.67. The van der Waals surface area contributed by atoms with Gasteiger partial charge in [-0.05, 0) is 26.8 Å². The average molecular weight is 239 g/mol. The van der Waals surface area contributed by atoms with Crippen LogP contribution >= 0.6 is 0 Å². The van der Waals surface area contributed by atoms with E-state index in [4.69, 9.17) is 0 Å². The van der Waals surface area contributed by atoms with Crippen LogP contribution in [0.15, 0.2) is 0 Å². The molecule has 0 radical (unpaired) electrons. The number of nitrogens with zero attached hydrogens (tertiary/aromatic N) is 2. The van der Waals surface area contributed by atoms with Gasteiger partial charge in [-0.15, -0.1) is 0 Å². The zero-order valence-electron chi connectivity index (χ0n) is 10.8. The highest BCUT2D eigenvalue weighted by molar-refractivity contribution is 6.00. The topological polar surface area (TPSA) is 52.7 Å². The van der Waals surface area contributed by atoms with E-state index < -0.39 is 0 Å². The first kappa shape index (κ1) is 12.5. The average Bonchev–Trinajstić information content (AvgIpc) is 2.59. The molecule has 1 N–H and O–H groups in total. The number of nitrogens with one attached hydrogen (secondary N) is 1. The number of likely N-dealkylation sites (N-methyl/N-ethyl adjacent to an activating group) is 2. The van der Waals surface area contributed by atoms with Crippen molar-refractivity contribution < 1.29 is 9.59 Å². The summed E-state index contributed by atoms with van der Waals surface area (Å²) in [4.78, 5) is 26.8. The van der Waals surface area contributed by atoms with Gasteiger partial charge in [0.05, 0.1) is 6.04 Å². The minimum absolute atomic E-state index is 0.0649. The van der Waals surface area contributed by atoms with Crippen LogP contribution in [0.2, 0.25) is 0 Å². The molecule has 96 valence electrons. The molecule has 0 aliphatic carbocycles. The summed E-state index contributed by atoms with van der Waals surface area (Å²) in [5, 5.41) is 3.39. The Morgan fingerprint density at radius 1 is 1.29 bits per heavy atom. The van der Waals surface area contributed by atoms with E-state index in [1.165, 1.54) is 4.90 Å². The largest absolute Gasteiger partial charge is 0.302 e. The van der Waals surface area contributed by atoms with Crippen LogP contribution in [0.1, 0.15) is 26.2 Å². The van der Waals surface area contributed by atoms with Crippen LogP contribution < -0.4 is 5.32 Å². The number of imide groups is 1. The lowest BCUT2D eigenvalue weighted by atomic mass is 10.0. The predicted molar refractivity (Wildman–Crippen MR) is 64.4 cm³/mol. The Morgan fingerprint density at radius 3 is 2.59 bits per heavy atom. The van der Waals surface area contributed by atoms with Gasteiger partial charge in [0.1, 0.15) is 0 Å². The Balaban J connectivity index is 1.92. The van der Waals surface area contributed by atoms with Crippen molar-refractivity contribution in [1.82, 2.24) is 15.1 Å². The summed E-state index contributed by atoms with van der Waals surface area (Å²) in [6.45, 7) is 3.17. The minimum atomic E-state index is -0.179. The van der Waals surface area contributed by atoms with Crippen LogP contribution in [0.4, 0.5) is 0 Å². The van der Waals surface area contributed by atoms with Crippen LogP contribution in [0.5, 0.6) is 0 Å². The Labute approximate surface area is 102 Å². The first-order chi connectivity index (χ1) is 7.99. The van der Waals surface area contributed by atoms with Crippen LogP contribution in [-0.2, 0) is 9.59 Å². The van der Waals surface area contributed by atoms with Gasteiger partial charge in [0.2, 0.25) is 11.8 Å². The fourth-order valence-corrected chi connectivity index (χ4v) is 2.67. The number of piperidine rings is 1. The van der Waals surface area contributed by atoms with E-state index in [0.29, 0.717) is 24.9 Å². The molecule has 0 aromatic carbocycles. The number of carbonyl (C=O) groups excluding carboxylic acids is 2. The molecule has 3 atom stereocenters. The molecule has 2 heterocycles. The maximum Gasteiger partial charge on any atom is 0.246 e. The summed E-state index contributed by atoms with van der Waals surface area (Å²) in [5.41, 5.74) is 0. The second kappa shape index (κ2) is 4.74. The number of likely N-dealkylation sites (tertiary alicyclic amines) is 2. The van der Waals surface area contributed by atoms with Crippen molar-refractivity contribution in [3.63, 3.8) is 0 Å². The number of rotatable bonds is 2. The first-order valence-corrected chi connectivity index (χ1v) is 6.25. The van der Waals surface area contributed by atoms with E-state index in [9.17, 15) is 9.59 Å². The van der Waals surface area contributed by atoms with E-state index in [2.05, 4.69) is 24.2 Å². The summed E-state index contributed by atoms with van der Waals surface area (Å²) in [6, 6.07) is 0.748. The third-order valence-electron chi connectivity index (χ3n) is 3.97. The highest BCUT2D eigenvalue weighted by atomic mass is 16.2. The monoisotopic (exact) mass is 239 g/mol. The lowest BCUT2D eigenvalue weighted by Gasteiger charge is -2.30. The molecule has 2 rings (SSSR count). The Hall–Kier alpha value is -0.940. The molecule has 0 spiro atoms. The maximum atomic E-state index is 11.9. The molecular weight excluding hydrogens is 218 g/mol. The van der Waals surface area contributed by atoms with Gasteiger partial charge in [0.25, 0.3) is 0 Å². The molecule has 2 fully saturated rings. The van der Waals surface area contributed by atoms with Crippen molar-refractivity contribution in [3.05, 3.63) is 0 Å². The molecule has 2 aliphatic rings. The number of amides is 2. The van der Waals surface area contributed by atoms with Crippen molar-refractivity contribution in [1.29, 1.82) is 0 Å². The molecule has 2 aliphatic heterocycles. The van der Waals surface area contributed by atoms with Crippen LogP contribution in [0.3, 0.4) is 0 Å². The standard InChI is InChI=1S/C12H21N3O2/c1-8-6-9(7-14(8)2)13-10-4-5-11(16)15(3)12(10)17/h8-10,13H,4-7H2,1-3H3. The van der Waals surface area contributed by atoms with Crippen molar-refractivity contribution in [2.75, 3.05) is 20.6 Å². The van der Waals surface area contributed by atoms with Gasteiger partial charge in [-0.1, -0.05) is 0 Å². The Morgan fingerprint density at radius 2 is 2.00 bits per heavy atom. The fourth-order valence-electron chi connectivity index (χ4n) is 2.67. The maximum absolute atomic E-state index is 11.9. The Bertz CT molecular complexity index is 322. The van der Waals surface area contributed by atoms with Gasteiger partial charge >= 0.3 is 0 Å². The zero-order chi connectivity index (χ0) is 12.6. The highest BCUT2D eigenvalue weighted by Gasteiger charge is 2.35. The van der Waals surface area contributed by atoms with Crippen molar-refractivity contribution in [2.45, 2.75) is 44.3 Å². The van der Waals surface area contributed by atoms with E-state index in [-0.39, 0.29) is 17.9 Å². The van der Waals surface area contributed by atoms with Gasteiger partial charge in [-0.25, -0.2) is 0 Å². The SMILES string of the molecule is CC1CC(NC2CCC(=O)N(C)C2=O)CN1C. The summed E-state index contributed by atoms with van der Waals surface area (Å²) >= 11 is 0. The normalized spacial score (nSPS) is 35.7. The number of hydrogen-bond donors (Lipinski definition) is 1. The van der Waals surface area contributed by atoms with Crippen molar-refractivity contribution in [3.8, 4) is 0 Å². The molecule has 2 saturated heterocycles. The van der Waals surface area contributed by atoms with Gasteiger partial charge in [0.15, 0.2) is 0 Å². The van der Waals surface area contributed by atoms with Crippen molar-refractivity contribution in [2.24, 2.45) is 0 Å². The highest BCUT2D eigenvalue weighted by Crippen LogP contribution is 2.18. The van der Waals surface area contributed by atoms with Gasteiger partial charge < -0.3 is 10.2 Å². The minimum Gasteiger partial charge on any atom is -0.302 e. The van der Waals surface area contributed by atoms with Gasteiger partial charge in [-0.3, -0.25) is 14.5 Å². The Kier molecular flexibility index (Phi) is 3.49. The van der Waals surface area contributed by atoms with Crippen LogP contribution in [0, 0.1) is 0 Å². The van der Waals surface area contributed by atoms with E-state index in [1.54, 1.807) is 7.05 Å². The molecule has 5 heteroatoms. The molecule has 2 amide bonds. The second-order valence-electron chi connectivity index (χ2n) is 5.27.